The van der Waals surface area contributed by atoms with Crippen LogP contribution in [-0.2, 0) is 9.59 Å². The van der Waals surface area contributed by atoms with E-state index in [-0.39, 0.29) is 17.9 Å². The molecule has 114 valence electrons. The normalized spacial score (nSPS) is 18.3. The molecule has 1 fully saturated rings. The minimum absolute atomic E-state index is 0.000947. The SMILES string of the molecule is CC(C)(C)C(=O)Nc1ccc(NC(=O)C2CCCN2)cc1. The van der Waals surface area contributed by atoms with E-state index in [1.807, 2.05) is 20.8 Å². The Hall–Kier alpha value is -1.88. The zero-order valence-corrected chi connectivity index (χ0v) is 12.8. The molecule has 0 radical (unpaired) electrons. The molecule has 0 bridgehead atoms. The molecular weight excluding hydrogens is 266 g/mol. The third-order valence-corrected chi connectivity index (χ3v) is 3.47. The Morgan fingerprint density at radius 3 is 2.14 bits per heavy atom. The van der Waals surface area contributed by atoms with Gasteiger partial charge in [0.15, 0.2) is 0 Å². The third-order valence-electron chi connectivity index (χ3n) is 3.47. The molecule has 1 aromatic rings. The topological polar surface area (TPSA) is 70.2 Å². The van der Waals surface area contributed by atoms with Crippen molar-refractivity contribution in [3.05, 3.63) is 24.3 Å². The van der Waals surface area contributed by atoms with Crippen LogP contribution < -0.4 is 16.0 Å². The van der Waals surface area contributed by atoms with E-state index >= 15 is 0 Å². The predicted octanol–water partition coefficient (Wildman–Crippen LogP) is 2.36. The Balaban J connectivity index is 1.92. The maximum Gasteiger partial charge on any atom is 0.241 e. The molecule has 0 aliphatic carbocycles. The zero-order chi connectivity index (χ0) is 15.5. The molecular formula is C16H23N3O2. The van der Waals surface area contributed by atoms with Crippen molar-refractivity contribution in [3.63, 3.8) is 0 Å². The quantitative estimate of drug-likeness (QED) is 0.800. The molecule has 1 saturated heterocycles. The second-order valence-corrected chi connectivity index (χ2v) is 6.42. The summed E-state index contributed by atoms with van der Waals surface area (Å²) < 4.78 is 0. The van der Waals surface area contributed by atoms with E-state index < -0.39 is 5.41 Å². The first kappa shape index (κ1) is 15.5. The van der Waals surface area contributed by atoms with Gasteiger partial charge in [-0.25, -0.2) is 0 Å². The van der Waals surface area contributed by atoms with Gasteiger partial charge in [0.1, 0.15) is 0 Å². The van der Waals surface area contributed by atoms with Crippen LogP contribution in [0.5, 0.6) is 0 Å². The van der Waals surface area contributed by atoms with Crippen LogP contribution in [0.1, 0.15) is 33.6 Å². The van der Waals surface area contributed by atoms with Crippen LogP contribution in [0.4, 0.5) is 11.4 Å². The lowest BCUT2D eigenvalue weighted by atomic mass is 9.95. The van der Waals surface area contributed by atoms with Crippen LogP contribution in [0.15, 0.2) is 24.3 Å². The summed E-state index contributed by atoms with van der Waals surface area (Å²) in [5, 5.41) is 8.90. The largest absolute Gasteiger partial charge is 0.326 e. The summed E-state index contributed by atoms with van der Waals surface area (Å²) in [5.41, 5.74) is 1.04. The van der Waals surface area contributed by atoms with E-state index in [0.717, 1.165) is 30.8 Å². The lowest BCUT2D eigenvalue weighted by molar-refractivity contribution is -0.123. The molecule has 0 saturated carbocycles. The van der Waals surface area contributed by atoms with Gasteiger partial charge in [0, 0.05) is 16.8 Å². The average Bonchev–Trinajstić information content (AvgIpc) is 2.94. The van der Waals surface area contributed by atoms with Gasteiger partial charge in [-0.3, -0.25) is 9.59 Å². The first-order valence-electron chi connectivity index (χ1n) is 7.32. The molecule has 5 heteroatoms. The van der Waals surface area contributed by atoms with Crippen LogP contribution in [0, 0.1) is 5.41 Å². The number of anilines is 2. The summed E-state index contributed by atoms with van der Waals surface area (Å²) in [6.45, 7) is 6.50. The number of rotatable bonds is 3. The smallest absolute Gasteiger partial charge is 0.241 e. The summed E-state index contributed by atoms with van der Waals surface area (Å²) in [6.07, 6.45) is 1.92. The van der Waals surface area contributed by atoms with Gasteiger partial charge in [0.25, 0.3) is 0 Å². The number of nitrogens with one attached hydrogen (secondary N) is 3. The minimum Gasteiger partial charge on any atom is -0.326 e. The van der Waals surface area contributed by atoms with E-state index in [1.165, 1.54) is 0 Å². The van der Waals surface area contributed by atoms with Crippen LogP contribution in [0.2, 0.25) is 0 Å². The molecule has 1 heterocycles. The van der Waals surface area contributed by atoms with E-state index in [9.17, 15) is 9.59 Å². The Morgan fingerprint density at radius 2 is 1.67 bits per heavy atom. The Morgan fingerprint density at radius 1 is 1.10 bits per heavy atom. The zero-order valence-electron chi connectivity index (χ0n) is 12.8. The van der Waals surface area contributed by atoms with Crippen molar-refractivity contribution in [2.45, 2.75) is 39.7 Å². The molecule has 3 N–H and O–H groups in total. The van der Waals surface area contributed by atoms with Crippen molar-refractivity contribution >= 4 is 23.2 Å². The lowest BCUT2D eigenvalue weighted by Gasteiger charge is -2.18. The van der Waals surface area contributed by atoms with E-state index in [1.54, 1.807) is 24.3 Å². The van der Waals surface area contributed by atoms with Crippen LogP contribution in [-0.4, -0.2) is 24.4 Å². The molecule has 1 unspecified atom stereocenters. The highest BCUT2D eigenvalue weighted by Crippen LogP contribution is 2.19. The van der Waals surface area contributed by atoms with Gasteiger partial charge in [0.05, 0.1) is 6.04 Å². The second-order valence-electron chi connectivity index (χ2n) is 6.42. The maximum atomic E-state index is 12.0. The fourth-order valence-electron chi connectivity index (χ4n) is 2.09. The van der Waals surface area contributed by atoms with Gasteiger partial charge in [0.2, 0.25) is 11.8 Å². The Bertz CT molecular complexity index is 511. The monoisotopic (exact) mass is 289 g/mol. The fourth-order valence-corrected chi connectivity index (χ4v) is 2.09. The number of amides is 2. The van der Waals surface area contributed by atoms with Gasteiger partial charge >= 0.3 is 0 Å². The molecule has 2 rings (SSSR count). The number of carbonyl (C=O) groups excluding carboxylic acids is 2. The molecule has 21 heavy (non-hydrogen) atoms. The van der Waals surface area contributed by atoms with Gasteiger partial charge in [-0.1, -0.05) is 20.8 Å². The first-order valence-corrected chi connectivity index (χ1v) is 7.32. The maximum absolute atomic E-state index is 12.0. The average molecular weight is 289 g/mol. The van der Waals surface area contributed by atoms with Crippen molar-refractivity contribution in [2.24, 2.45) is 5.41 Å². The molecule has 1 aliphatic heterocycles. The summed E-state index contributed by atoms with van der Waals surface area (Å²) in [6, 6.07) is 7.09. The molecule has 1 aromatic carbocycles. The molecule has 1 aliphatic rings. The highest BCUT2D eigenvalue weighted by Gasteiger charge is 2.22. The molecule has 5 nitrogen and oxygen atoms in total. The number of carbonyl (C=O) groups is 2. The van der Waals surface area contributed by atoms with E-state index in [2.05, 4.69) is 16.0 Å². The number of hydrogen-bond acceptors (Lipinski definition) is 3. The Kier molecular flexibility index (Phi) is 4.63. The van der Waals surface area contributed by atoms with Crippen LogP contribution in [0.3, 0.4) is 0 Å². The van der Waals surface area contributed by atoms with Crippen molar-refractivity contribution in [3.8, 4) is 0 Å². The van der Waals surface area contributed by atoms with Gasteiger partial charge < -0.3 is 16.0 Å². The molecule has 1 atom stereocenters. The molecule has 0 spiro atoms. The third kappa shape index (κ3) is 4.29. The van der Waals surface area contributed by atoms with E-state index in [0.29, 0.717) is 0 Å². The van der Waals surface area contributed by atoms with Crippen molar-refractivity contribution in [2.75, 3.05) is 17.2 Å². The summed E-state index contributed by atoms with van der Waals surface area (Å²) in [7, 11) is 0. The number of hydrogen-bond donors (Lipinski definition) is 3. The highest BCUT2D eigenvalue weighted by molar-refractivity contribution is 5.96. The molecule has 2 amide bonds. The highest BCUT2D eigenvalue weighted by atomic mass is 16.2. The van der Waals surface area contributed by atoms with Gasteiger partial charge in [-0.15, -0.1) is 0 Å². The lowest BCUT2D eigenvalue weighted by Crippen LogP contribution is -2.35. The van der Waals surface area contributed by atoms with Crippen molar-refractivity contribution in [1.29, 1.82) is 0 Å². The Labute approximate surface area is 125 Å². The van der Waals surface area contributed by atoms with Crippen molar-refractivity contribution < 1.29 is 9.59 Å². The van der Waals surface area contributed by atoms with Crippen LogP contribution >= 0.6 is 0 Å². The summed E-state index contributed by atoms with van der Waals surface area (Å²) in [4.78, 5) is 23.8. The van der Waals surface area contributed by atoms with Crippen LogP contribution in [0.25, 0.3) is 0 Å². The molecule has 0 aromatic heterocycles. The van der Waals surface area contributed by atoms with Gasteiger partial charge in [-0.2, -0.15) is 0 Å². The summed E-state index contributed by atoms with van der Waals surface area (Å²) >= 11 is 0. The fraction of sp³-hybridized carbons (Fsp3) is 0.500. The first-order chi connectivity index (χ1) is 9.86. The number of benzene rings is 1. The minimum atomic E-state index is -0.430. The second kappa shape index (κ2) is 6.26. The van der Waals surface area contributed by atoms with Crippen molar-refractivity contribution in [1.82, 2.24) is 5.32 Å². The van der Waals surface area contributed by atoms with Gasteiger partial charge in [-0.05, 0) is 43.7 Å². The predicted molar refractivity (Wildman–Crippen MR) is 84.2 cm³/mol. The standard InChI is InChI=1S/C16H23N3O2/c1-16(2,3)15(21)19-12-8-6-11(7-9-12)18-14(20)13-5-4-10-17-13/h6-9,13,17H,4-5,10H2,1-3H3,(H,18,20)(H,19,21). The van der Waals surface area contributed by atoms with E-state index in [4.69, 9.17) is 0 Å². The summed E-state index contributed by atoms with van der Waals surface area (Å²) in [5.74, 6) is -0.0339.